The number of nitrogens with zero attached hydrogens (tertiary/aromatic N) is 4. The Morgan fingerprint density at radius 1 is 0.833 bits per heavy atom. The Labute approximate surface area is 184 Å². The van der Waals surface area contributed by atoms with Gasteiger partial charge in [-0.3, -0.25) is 19.4 Å². The first-order valence-electron chi connectivity index (χ1n) is 11.7. The van der Waals surface area contributed by atoms with Gasteiger partial charge in [-0.05, 0) is 41.1 Å². The lowest BCUT2D eigenvalue weighted by atomic mass is 9.86. The molecule has 0 N–H and O–H groups in total. The molecule has 3 heterocycles. The summed E-state index contributed by atoms with van der Waals surface area (Å²) in [6, 6.07) is 2.18. The normalized spacial score (nSPS) is 22.4. The maximum Gasteiger partial charge on any atom is 0.236 e. The summed E-state index contributed by atoms with van der Waals surface area (Å²) in [6.45, 7) is 8.21. The van der Waals surface area contributed by atoms with E-state index in [2.05, 4.69) is 26.6 Å². The van der Waals surface area contributed by atoms with Crippen LogP contribution in [0.25, 0.3) is 0 Å². The molecule has 0 unspecified atom stereocenters. The van der Waals surface area contributed by atoms with Crippen LogP contribution >= 0.6 is 11.3 Å². The average Bonchev–Trinajstić information content (AvgIpc) is 3.28. The molecule has 166 valence electrons. The molecule has 3 aliphatic rings. The minimum atomic E-state index is 0.243. The average molecular weight is 433 g/mol. The van der Waals surface area contributed by atoms with Crippen molar-refractivity contribution in [1.29, 1.82) is 0 Å². The number of amides is 2. The first-order valence-corrected chi connectivity index (χ1v) is 12.6. The quantitative estimate of drug-likeness (QED) is 0.693. The fourth-order valence-corrected chi connectivity index (χ4v) is 5.67. The number of hydrogen-bond acceptors (Lipinski definition) is 5. The second-order valence-corrected chi connectivity index (χ2v) is 9.93. The van der Waals surface area contributed by atoms with Crippen molar-refractivity contribution in [3.63, 3.8) is 0 Å². The van der Waals surface area contributed by atoms with Crippen LogP contribution in [0, 0.1) is 5.92 Å². The number of rotatable bonds is 6. The molecule has 0 aromatic carbocycles. The van der Waals surface area contributed by atoms with E-state index < -0.39 is 0 Å². The Morgan fingerprint density at radius 2 is 1.47 bits per heavy atom. The molecule has 7 heteroatoms. The van der Waals surface area contributed by atoms with Crippen molar-refractivity contribution >= 4 is 23.2 Å². The molecule has 0 spiro atoms. The van der Waals surface area contributed by atoms with Crippen LogP contribution in [0.15, 0.2) is 16.8 Å². The molecule has 0 bridgehead atoms. The van der Waals surface area contributed by atoms with Gasteiger partial charge in [-0.15, -0.1) is 0 Å². The number of thiophene rings is 1. The predicted octanol–water partition coefficient (Wildman–Crippen LogP) is 2.51. The Balaban J connectivity index is 1.13. The van der Waals surface area contributed by atoms with Gasteiger partial charge in [0, 0.05) is 65.3 Å². The van der Waals surface area contributed by atoms with Gasteiger partial charge in [-0.1, -0.05) is 19.3 Å². The summed E-state index contributed by atoms with van der Waals surface area (Å²) in [7, 11) is 0. The zero-order valence-corrected chi connectivity index (χ0v) is 19.0. The van der Waals surface area contributed by atoms with Crippen LogP contribution in [0.4, 0.5) is 0 Å². The molecule has 2 aliphatic heterocycles. The Bertz CT molecular complexity index is 673. The Morgan fingerprint density at radius 3 is 2.10 bits per heavy atom. The van der Waals surface area contributed by atoms with Crippen molar-refractivity contribution in [3.05, 3.63) is 22.4 Å². The molecular weight excluding hydrogens is 396 g/mol. The number of piperazine rings is 2. The monoisotopic (exact) mass is 432 g/mol. The van der Waals surface area contributed by atoms with Crippen LogP contribution in [-0.2, 0) is 16.1 Å². The molecule has 6 nitrogen and oxygen atoms in total. The molecule has 1 aromatic heterocycles. The van der Waals surface area contributed by atoms with Crippen molar-refractivity contribution in [2.75, 3.05) is 58.9 Å². The fraction of sp³-hybridized carbons (Fsp3) is 0.739. The number of carbonyl (C=O) groups is 2. The summed E-state index contributed by atoms with van der Waals surface area (Å²) in [5.74, 6) is 1.17. The molecule has 1 saturated carbocycles. The van der Waals surface area contributed by atoms with E-state index in [1.165, 1.54) is 37.7 Å². The van der Waals surface area contributed by atoms with Crippen LogP contribution in [0.3, 0.4) is 0 Å². The first kappa shape index (κ1) is 21.8. The lowest BCUT2D eigenvalue weighted by molar-refractivity contribution is -0.136. The van der Waals surface area contributed by atoms with E-state index in [4.69, 9.17) is 0 Å². The van der Waals surface area contributed by atoms with Gasteiger partial charge in [-0.25, -0.2) is 0 Å². The van der Waals surface area contributed by atoms with E-state index in [0.29, 0.717) is 18.4 Å². The fourth-order valence-electron chi connectivity index (χ4n) is 5.01. The van der Waals surface area contributed by atoms with Crippen molar-refractivity contribution < 1.29 is 9.59 Å². The number of hydrogen-bond donors (Lipinski definition) is 0. The van der Waals surface area contributed by atoms with E-state index in [9.17, 15) is 9.59 Å². The molecule has 30 heavy (non-hydrogen) atoms. The van der Waals surface area contributed by atoms with Crippen molar-refractivity contribution in [2.45, 2.75) is 45.1 Å². The lowest BCUT2D eigenvalue weighted by Gasteiger charge is -2.38. The second-order valence-electron chi connectivity index (χ2n) is 9.15. The van der Waals surface area contributed by atoms with E-state index >= 15 is 0 Å². The number of carbonyl (C=O) groups excluding carboxylic acids is 2. The largest absolute Gasteiger partial charge is 0.340 e. The highest BCUT2D eigenvalue weighted by atomic mass is 32.1. The van der Waals surface area contributed by atoms with E-state index in [1.54, 1.807) is 11.3 Å². The third kappa shape index (κ3) is 6.05. The molecule has 0 atom stereocenters. The van der Waals surface area contributed by atoms with Crippen LogP contribution in [0.5, 0.6) is 0 Å². The Hall–Kier alpha value is -1.44. The van der Waals surface area contributed by atoms with Gasteiger partial charge < -0.3 is 9.80 Å². The van der Waals surface area contributed by atoms with Crippen LogP contribution in [0.1, 0.15) is 44.1 Å². The first-order chi connectivity index (χ1) is 14.7. The summed E-state index contributed by atoms with van der Waals surface area (Å²) in [4.78, 5) is 34.1. The Kier molecular flexibility index (Phi) is 7.79. The highest BCUT2D eigenvalue weighted by molar-refractivity contribution is 7.07. The van der Waals surface area contributed by atoms with Gasteiger partial charge in [0.25, 0.3) is 0 Å². The third-order valence-electron chi connectivity index (χ3n) is 6.98. The van der Waals surface area contributed by atoms with Crippen LogP contribution in [-0.4, -0.2) is 90.3 Å². The molecular formula is C23H36N4O2S. The summed E-state index contributed by atoms with van der Waals surface area (Å²) in [5.41, 5.74) is 1.37. The second kappa shape index (κ2) is 10.7. The lowest BCUT2D eigenvalue weighted by Crippen LogP contribution is -2.54. The van der Waals surface area contributed by atoms with Gasteiger partial charge >= 0.3 is 0 Å². The van der Waals surface area contributed by atoms with Gasteiger partial charge in [-0.2, -0.15) is 11.3 Å². The molecule has 2 amide bonds. The summed E-state index contributed by atoms with van der Waals surface area (Å²) >= 11 is 1.74. The molecule has 4 rings (SSSR count). The van der Waals surface area contributed by atoms with Crippen molar-refractivity contribution in [1.82, 2.24) is 19.6 Å². The molecule has 1 aromatic rings. The van der Waals surface area contributed by atoms with Gasteiger partial charge in [0.2, 0.25) is 11.8 Å². The van der Waals surface area contributed by atoms with Crippen LogP contribution in [0.2, 0.25) is 0 Å². The zero-order valence-electron chi connectivity index (χ0n) is 18.1. The van der Waals surface area contributed by atoms with E-state index in [0.717, 1.165) is 65.3 Å². The zero-order chi connectivity index (χ0) is 20.8. The molecule has 3 fully saturated rings. The van der Waals surface area contributed by atoms with Crippen molar-refractivity contribution in [3.8, 4) is 0 Å². The summed E-state index contributed by atoms with van der Waals surface area (Å²) in [5, 5.41) is 4.33. The summed E-state index contributed by atoms with van der Waals surface area (Å²) in [6.07, 6.45) is 7.09. The smallest absolute Gasteiger partial charge is 0.236 e. The SMILES string of the molecule is O=C(CC1CCCCC1)N1CCN(CC(=O)N2CCN(Cc3ccsc3)CC2)CC1. The van der Waals surface area contributed by atoms with E-state index in [-0.39, 0.29) is 5.91 Å². The highest BCUT2D eigenvalue weighted by Gasteiger charge is 2.27. The van der Waals surface area contributed by atoms with E-state index in [1.807, 2.05) is 9.80 Å². The van der Waals surface area contributed by atoms with Crippen LogP contribution < -0.4 is 0 Å². The maximum atomic E-state index is 12.8. The maximum absolute atomic E-state index is 12.8. The standard InChI is InChI=1S/C23H36N4O2S/c28-22(16-20-4-2-1-3-5-20)26-11-9-25(10-12-26)18-23(29)27-13-7-24(8-14-27)17-21-6-15-30-19-21/h6,15,19-20H,1-5,7-14,16-18H2. The van der Waals surface area contributed by atoms with Crippen molar-refractivity contribution in [2.24, 2.45) is 5.92 Å². The predicted molar refractivity (Wildman–Crippen MR) is 120 cm³/mol. The summed E-state index contributed by atoms with van der Waals surface area (Å²) < 4.78 is 0. The topological polar surface area (TPSA) is 47.1 Å². The molecule has 1 aliphatic carbocycles. The van der Waals surface area contributed by atoms with Gasteiger partial charge in [0.15, 0.2) is 0 Å². The third-order valence-corrected chi connectivity index (χ3v) is 7.72. The minimum Gasteiger partial charge on any atom is -0.340 e. The van der Waals surface area contributed by atoms with Gasteiger partial charge in [0.05, 0.1) is 6.54 Å². The molecule has 0 radical (unpaired) electrons. The molecule has 2 saturated heterocycles. The minimum absolute atomic E-state index is 0.243. The van der Waals surface area contributed by atoms with Gasteiger partial charge in [0.1, 0.15) is 0 Å². The highest BCUT2D eigenvalue weighted by Crippen LogP contribution is 2.27.